The largest absolute Gasteiger partial charge is 0.489 e. The van der Waals surface area contributed by atoms with E-state index in [2.05, 4.69) is 4.98 Å². The fourth-order valence-corrected chi connectivity index (χ4v) is 1.65. The number of nitrogens with zero attached hydrogens (tertiary/aromatic N) is 1. The lowest BCUT2D eigenvalue weighted by Gasteiger charge is -2.08. The van der Waals surface area contributed by atoms with Gasteiger partial charge in [0.2, 0.25) is 0 Å². The molecular formula is C13H9ClFNO3. The fourth-order valence-electron chi connectivity index (χ4n) is 1.48. The molecule has 0 unspecified atom stereocenters. The summed E-state index contributed by atoms with van der Waals surface area (Å²) in [5.41, 5.74) is 0.353. The number of carboxylic acids is 1. The summed E-state index contributed by atoms with van der Waals surface area (Å²) in [5, 5.41) is 8.90. The molecule has 0 saturated carbocycles. The molecule has 19 heavy (non-hydrogen) atoms. The van der Waals surface area contributed by atoms with E-state index in [-0.39, 0.29) is 17.3 Å². The summed E-state index contributed by atoms with van der Waals surface area (Å²) in [6.07, 6.45) is 1.39. The molecule has 4 nitrogen and oxygen atoms in total. The molecule has 0 atom stereocenters. The second kappa shape index (κ2) is 5.67. The van der Waals surface area contributed by atoms with Crippen molar-refractivity contribution in [3.8, 4) is 5.75 Å². The maximum atomic E-state index is 13.0. The van der Waals surface area contributed by atoms with Crippen LogP contribution in [0.2, 0.25) is 5.02 Å². The Morgan fingerprint density at radius 2 is 2.21 bits per heavy atom. The molecule has 0 spiro atoms. The number of ether oxygens (including phenoxy) is 1. The molecule has 0 amide bonds. The molecule has 6 heteroatoms. The zero-order chi connectivity index (χ0) is 13.8. The van der Waals surface area contributed by atoms with E-state index in [0.29, 0.717) is 11.3 Å². The third-order valence-corrected chi connectivity index (χ3v) is 2.67. The number of halogens is 2. The summed E-state index contributed by atoms with van der Waals surface area (Å²) in [5.74, 6) is -1.32. The normalized spacial score (nSPS) is 10.2. The molecule has 1 aromatic carbocycles. The van der Waals surface area contributed by atoms with Crippen molar-refractivity contribution in [2.24, 2.45) is 0 Å². The first kappa shape index (κ1) is 13.3. The Balaban J connectivity index is 2.14. The van der Waals surface area contributed by atoms with Gasteiger partial charge < -0.3 is 9.84 Å². The van der Waals surface area contributed by atoms with Gasteiger partial charge in [-0.05, 0) is 18.2 Å². The van der Waals surface area contributed by atoms with E-state index in [1.807, 2.05) is 0 Å². The zero-order valence-electron chi connectivity index (χ0n) is 9.64. The Labute approximate surface area is 113 Å². The summed E-state index contributed by atoms with van der Waals surface area (Å²) >= 11 is 5.62. The van der Waals surface area contributed by atoms with Crippen LogP contribution in [0.5, 0.6) is 5.75 Å². The minimum Gasteiger partial charge on any atom is -0.489 e. The van der Waals surface area contributed by atoms with E-state index in [9.17, 15) is 9.18 Å². The average molecular weight is 282 g/mol. The van der Waals surface area contributed by atoms with Crippen molar-refractivity contribution in [3.63, 3.8) is 0 Å². The minimum absolute atomic E-state index is 0.0113. The molecule has 0 bridgehead atoms. The van der Waals surface area contributed by atoms with E-state index >= 15 is 0 Å². The van der Waals surface area contributed by atoms with Crippen molar-refractivity contribution in [3.05, 3.63) is 58.6 Å². The molecule has 0 fully saturated rings. The maximum absolute atomic E-state index is 13.0. The number of aromatic carboxylic acids is 1. The van der Waals surface area contributed by atoms with E-state index in [4.69, 9.17) is 21.4 Å². The lowest BCUT2D eigenvalue weighted by Crippen LogP contribution is -2.07. The number of carboxylic acid groups (broad SMARTS) is 1. The van der Waals surface area contributed by atoms with Crippen molar-refractivity contribution in [2.45, 2.75) is 6.61 Å². The van der Waals surface area contributed by atoms with Crippen molar-refractivity contribution >= 4 is 17.6 Å². The first-order valence-corrected chi connectivity index (χ1v) is 5.71. The van der Waals surface area contributed by atoms with E-state index in [1.165, 1.54) is 24.4 Å². The number of hydrogen-bond donors (Lipinski definition) is 1. The van der Waals surface area contributed by atoms with Crippen molar-refractivity contribution in [2.75, 3.05) is 0 Å². The first-order chi connectivity index (χ1) is 9.08. The number of aromatic nitrogens is 1. The molecule has 2 rings (SSSR count). The number of pyridine rings is 1. The monoisotopic (exact) mass is 281 g/mol. The van der Waals surface area contributed by atoms with Gasteiger partial charge in [-0.3, -0.25) is 0 Å². The first-order valence-electron chi connectivity index (χ1n) is 5.33. The Morgan fingerprint density at radius 1 is 1.42 bits per heavy atom. The van der Waals surface area contributed by atoms with Crippen molar-refractivity contribution < 1.29 is 19.0 Å². The summed E-state index contributed by atoms with van der Waals surface area (Å²) in [4.78, 5) is 14.7. The summed E-state index contributed by atoms with van der Waals surface area (Å²) in [6.45, 7) is 0.0113. The lowest BCUT2D eigenvalue weighted by molar-refractivity contribution is 0.0687. The third-order valence-electron chi connectivity index (χ3n) is 2.38. The van der Waals surface area contributed by atoms with Gasteiger partial charge in [-0.1, -0.05) is 17.7 Å². The van der Waals surface area contributed by atoms with Gasteiger partial charge in [0.05, 0.1) is 5.02 Å². The predicted octanol–water partition coefficient (Wildman–Crippen LogP) is 3.15. The van der Waals surface area contributed by atoms with Gasteiger partial charge in [0.25, 0.3) is 0 Å². The van der Waals surface area contributed by atoms with Crippen LogP contribution in [0, 0.1) is 5.82 Å². The second-order valence-corrected chi connectivity index (χ2v) is 4.09. The average Bonchev–Trinajstić information content (AvgIpc) is 2.40. The van der Waals surface area contributed by atoms with E-state index in [1.54, 1.807) is 12.1 Å². The second-order valence-electron chi connectivity index (χ2n) is 3.68. The van der Waals surface area contributed by atoms with Crippen LogP contribution in [0.3, 0.4) is 0 Å². The van der Waals surface area contributed by atoms with Crippen LogP contribution >= 0.6 is 11.6 Å². The zero-order valence-corrected chi connectivity index (χ0v) is 10.4. The number of carbonyl (C=O) groups is 1. The van der Waals surface area contributed by atoms with Gasteiger partial charge >= 0.3 is 5.97 Å². The van der Waals surface area contributed by atoms with Crippen LogP contribution in [-0.4, -0.2) is 16.1 Å². The highest BCUT2D eigenvalue weighted by Gasteiger charge is 2.11. The van der Waals surface area contributed by atoms with Gasteiger partial charge in [-0.15, -0.1) is 0 Å². The Bertz CT molecular complexity index is 619. The van der Waals surface area contributed by atoms with E-state index < -0.39 is 11.8 Å². The molecule has 2 aromatic rings. The highest BCUT2D eigenvalue weighted by Crippen LogP contribution is 2.22. The topological polar surface area (TPSA) is 59.4 Å². The molecule has 0 aliphatic heterocycles. The highest BCUT2D eigenvalue weighted by molar-refractivity contribution is 6.30. The van der Waals surface area contributed by atoms with Crippen LogP contribution in [-0.2, 0) is 6.61 Å². The summed E-state index contributed by atoms with van der Waals surface area (Å²) in [6, 6.07) is 7.13. The van der Waals surface area contributed by atoms with Crippen LogP contribution in [0.15, 0.2) is 36.5 Å². The smallest absolute Gasteiger partial charge is 0.354 e. The molecule has 98 valence electrons. The molecule has 0 radical (unpaired) electrons. The standard InChI is InChI=1S/C13H9ClFNO3/c14-10-6-9(3-4-11(10)15)19-7-8-2-1-5-16-12(8)13(17)18/h1-6H,7H2,(H,17,18). The number of benzene rings is 1. The molecule has 0 saturated heterocycles. The summed E-state index contributed by atoms with van der Waals surface area (Å²) < 4.78 is 18.3. The van der Waals surface area contributed by atoms with Crippen LogP contribution < -0.4 is 4.74 Å². The molecule has 1 aromatic heterocycles. The van der Waals surface area contributed by atoms with Crippen LogP contribution in [0.25, 0.3) is 0 Å². The quantitative estimate of drug-likeness (QED) is 0.935. The van der Waals surface area contributed by atoms with E-state index in [0.717, 1.165) is 0 Å². The van der Waals surface area contributed by atoms with Gasteiger partial charge in [0.15, 0.2) is 5.69 Å². The van der Waals surface area contributed by atoms with Crippen molar-refractivity contribution in [1.29, 1.82) is 0 Å². The van der Waals surface area contributed by atoms with Crippen LogP contribution in [0.4, 0.5) is 4.39 Å². The molecule has 1 heterocycles. The number of hydrogen-bond acceptors (Lipinski definition) is 3. The molecule has 1 N–H and O–H groups in total. The van der Waals surface area contributed by atoms with Gasteiger partial charge in [0.1, 0.15) is 18.2 Å². The minimum atomic E-state index is -1.13. The fraction of sp³-hybridized carbons (Fsp3) is 0.0769. The lowest BCUT2D eigenvalue weighted by atomic mass is 10.2. The third kappa shape index (κ3) is 3.20. The molecule has 0 aliphatic rings. The Hall–Kier alpha value is -2.14. The summed E-state index contributed by atoms with van der Waals surface area (Å²) in [7, 11) is 0. The number of rotatable bonds is 4. The predicted molar refractivity (Wildman–Crippen MR) is 66.9 cm³/mol. The SMILES string of the molecule is O=C(O)c1ncccc1COc1ccc(F)c(Cl)c1. The van der Waals surface area contributed by atoms with Gasteiger partial charge in [0, 0.05) is 17.8 Å². The Morgan fingerprint density at radius 3 is 2.89 bits per heavy atom. The van der Waals surface area contributed by atoms with Crippen molar-refractivity contribution in [1.82, 2.24) is 4.98 Å². The maximum Gasteiger partial charge on any atom is 0.354 e. The molecular weight excluding hydrogens is 273 g/mol. The van der Waals surface area contributed by atoms with Gasteiger partial charge in [-0.25, -0.2) is 14.2 Å². The van der Waals surface area contributed by atoms with Gasteiger partial charge in [-0.2, -0.15) is 0 Å². The Kier molecular flexibility index (Phi) is 3.97. The van der Waals surface area contributed by atoms with Crippen LogP contribution in [0.1, 0.15) is 16.1 Å². The highest BCUT2D eigenvalue weighted by atomic mass is 35.5. The molecule has 0 aliphatic carbocycles.